The van der Waals surface area contributed by atoms with Gasteiger partial charge in [-0.3, -0.25) is 0 Å². The van der Waals surface area contributed by atoms with Gasteiger partial charge in [0.2, 0.25) is 0 Å². The molecule has 2 N–H and O–H groups in total. The maximum absolute atomic E-state index is 9.51. The van der Waals surface area contributed by atoms with Crippen LogP contribution in [0.1, 0.15) is 20.3 Å². The Bertz CT molecular complexity index is 133. The molecule has 3 nitrogen and oxygen atoms in total. The molecule has 0 saturated carbocycles. The third-order valence-electron chi connectivity index (χ3n) is 2.25. The quantitative estimate of drug-likeness (QED) is 0.775. The van der Waals surface area contributed by atoms with Crippen LogP contribution in [-0.4, -0.2) is 48.3 Å². The van der Waals surface area contributed by atoms with Crippen molar-refractivity contribution in [3.63, 3.8) is 0 Å². The van der Waals surface area contributed by atoms with Gasteiger partial charge in [0.1, 0.15) is 0 Å². The lowest BCUT2D eigenvalue weighted by Gasteiger charge is -2.29. The standard InChI is InChI=1S/C9H20N2O.2ClH/c1-9(2,12)3-6-11-7-4-10-5-8-11;;/h10,12H,3-8H2,1-2H3;2*1H. The van der Waals surface area contributed by atoms with Crippen molar-refractivity contribution in [2.45, 2.75) is 25.9 Å². The normalized spacial score (nSPS) is 18.2. The summed E-state index contributed by atoms with van der Waals surface area (Å²) >= 11 is 0. The molecule has 0 aromatic rings. The van der Waals surface area contributed by atoms with Crippen LogP contribution in [0.4, 0.5) is 0 Å². The van der Waals surface area contributed by atoms with Gasteiger partial charge in [-0.25, -0.2) is 0 Å². The highest BCUT2D eigenvalue weighted by molar-refractivity contribution is 5.85. The molecule has 88 valence electrons. The zero-order chi connectivity index (χ0) is 9.03. The van der Waals surface area contributed by atoms with Crippen LogP contribution in [-0.2, 0) is 0 Å². The molecule has 5 heteroatoms. The van der Waals surface area contributed by atoms with Crippen LogP contribution in [0.25, 0.3) is 0 Å². The Balaban J connectivity index is 0. The van der Waals surface area contributed by atoms with E-state index in [2.05, 4.69) is 10.2 Å². The lowest BCUT2D eigenvalue weighted by molar-refractivity contribution is 0.0560. The lowest BCUT2D eigenvalue weighted by atomic mass is 10.1. The summed E-state index contributed by atoms with van der Waals surface area (Å²) in [7, 11) is 0. The van der Waals surface area contributed by atoms with E-state index in [4.69, 9.17) is 0 Å². The number of nitrogens with one attached hydrogen (secondary N) is 1. The first-order valence-corrected chi connectivity index (χ1v) is 4.73. The summed E-state index contributed by atoms with van der Waals surface area (Å²) in [4.78, 5) is 2.40. The minimum atomic E-state index is -0.509. The van der Waals surface area contributed by atoms with E-state index in [-0.39, 0.29) is 24.8 Å². The van der Waals surface area contributed by atoms with Crippen LogP contribution in [0.5, 0.6) is 0 Å². The molecule has 1 rings (SSSR count). The van der Waals surface area contributed by atoms with Crippen molar-refractivity contribution < 1.29 is 5.11 Å². The van der Waals surface area contributed by atoms with Crippen molar-refractivity contribution in [3.05, 3.63) is 0 Å². The second kappa shape index (κ2) is 7.71. The molecule has 0 radical (unpaired) electrons. The van der Waals surface area contributed by atoms with Gasteiger partial charge in [-0.05, 0) is 20.3 Å². The number of rotatable bonds is 3. The maximum atomic E-state index is 9.51. The molecular formula is C9H22Cl2N2O. The smallest absolute Gasteiger partial charge is 0.0603 e. The fourth-order valence-electron chi connectivity index (χ4n) is 1.37. The summed E-state index contributed by atoms with van der Waals surface area (Å²) in [5, 5.41) is 12.8. The molecule has 0 unspecified atom stereocenters. The van der Waals surface area contributed by atoms with Gasteiger partial charge in [-0.2, -0.15) is 0 Å². The molecule has 14 heavy (non-hydrogen) atoms. The minimum Gasteiger partial charge on any atom is -0.390 e. The average molecular weight is 245 g/mol. The number of nitrogens with zero attached hydrogens (tertiary/aromatic N) is 1. The van der Waals surface area contributed by atoms with E-state index in [0.717, 1.165) is 39.1 Å². The van der Waals surface area contributed by atoms with Crippen LogP contribution in [0.15, 0.2) is 0 Å². The summed E-state index contributed by atoms with van der Waals surface area (Å²) in [6, 6.07) is 0. The third kappa shape index (κ3) is 7.83. The number of piperazine rings is 1. The van der Waals surface area contributed by atoms with Gasteiger partial charge in [0, 0.05) is 32.7 Å². The van der Waals surface area contributed by atoms with Crippen LogP contribution in [0, 0.1) is 0 Å². The first-order chi connectivity index (χ1) is 5.58. The fourth-order valence-corrected chi connectivity index (χ4v) is 1.37. The Labute approximate surface area is 99.1 Å². The minimum absolute atomic E-state index is 0. The highest BCUT2D eigenvalue weighted by Crippen LogP contribution is 2.08. The Morgan fingerprint density at radius 1 is 1.21 bits per heavy atom. The van der Waals surface area contributed by atoms with E-state index >= 15 is 0 Å². The van der Waals surface area contributed by atoms with Gasteiger partial charge in [0.15, 0.2) is 0 Å². The Morgan fingerprint density at radius 2 is 1.71 bits per heavy atom. The molecule has 0 atom stereocenters. The number of hydrogen-bond donors (Lipinski definition) is 2. The first kappa shape index (κ1) is 16.9. The van der Waals surface area contributed by atoms with Gasteiger partial charge in [-0.15, -0.1) is 24.8 Å². The van der Waals surface area contributed by atoms with E-state index in [1.54, 1.807) is 0 Å². The largest absolute Gasteiger partial charge is 0.390 e. The predicted molar refractivity (Wildman–Crippen MR) is 64.7 cm³/mol. The van der Waals surface area contributed by atoms with Crippen LogP contribution in [0.3, 0.4) is 0 Å². The Morgan fingerprint density at radius 3 is 2.14 bits per heavy atom. The molecule has 0 aromatic heterocycles. The molecule has 0 bridgehead atoms. The van der Waals surface area contributed by atoms with E-state index < -0.39 is 5.60 Å². The molecule has 0 aliphatic carbocycles. The molecule has 0 aromatic carbocycles. The van der Waals surface area contributed by atoms with E-state index in [1.807, 2.05) is 13.8 Å². The second-order valence-corrected chi connectivity index (χ2v) is 4.15. The molecule has 1 aliphatic heterocycles. The van der Waals surface area contributed by atoms with Crippen LogP contribution in [0.2, 0.25) is 0 Å². The molecule has 0 amide bonds. The number of halogens is 2. The SMILES string of the molecule is CC(C)(O)CCN1CCNCC1.Cl.Cl. The van der Waals surface area contributed by atoms with Crippen molar-refractivity contribution in [1.29, 1.82) is 0 Å². The van der Waals surface area contributed by atoms with Gasteiger partial charge in [0.25, 0.3) is 0 Å². The predicted octanol–water partition coefficient (Wildman–Crippen LogP) is 0.896. The van der Waals surface area contributed by atoms with Crippen molar-refractivity contribution in [2.24, 2.45) is 0 Å². The van der Waals surface area contributed by atoms with E-state index in [9.17, 15) is 5.11 Å². The van der Waals surface area contributed by atoms with Gasteiger partial charge >= 0.3 is 0 Å². The lowest BCUT2D eigenvalue weighted by Crippen LogP contribution is -2.44. The van der Waals surface area contributed by atoms with Gasteiger partial charge < -0.3 is 15.3 Å². The molecular weight excluding hydrogens is 223 g/mol. The summed E-state index contributed by atoms with van der Waals surface area (Å²) in [6.07, 6.45) is 0.868. The molecule has 1 fully saturated rings. The molecule has 1 aliphatic rings. The topological polar surface area (TPSA) is 35.5 Å². The summed E-state index contributed by atoms with van der Waals surface area (Å²) in [5.41, 5.74) is -0.509. The first-order valence-electron chi connectivity index (χ1n) is 4.73. The average Bonchev–Trinajstić information content (AvgIpc) is 2.02. The number of hydrogen-bond acceptors (Lipinski definition) is 3. The van der Waals surface area contributed by atoms with E-state index in [0.29, 0.717) is 0 Å². The maximum Gasteiger partial charge on any atom is 0.0603 e. The van der Waals surface area contributed by atoms with E-state index in [1.165, 1.54) is 0 Å². The van der Waals surface area contributed by atoms with Gasteiger partial charge in [0.05, 0.1) is 5.60 Å². The molecule has 0 spiro atoms. The highest BCUT2D eigenvalue weighted by Gasteiger charge is 2.15. The van der Waals surface area contributed by atoms with Crippen molar-refractivity contribution >= 4 is 24.8 Å². The molecule has 1 heterocycles. The highest BCUT2D eigenvalue weighted by atomic mass is 35.5. The fraction of sp³-hybridized carbons (Fsp3) is 1.00. The molecule has 1 saturated heterocycles. The van der Waals surface area contributed by atoms with Crippen molar-refractivity contribution in [1.82, 2.24) is 10.2 Å². The van der Waals surface area contributed by atoms with Crippen LogP contribution < -0.4 is 5.32 Å². The van der Waals surface area contributed by atoms with Crippen molar-refractivity contribution in [3.8, 4) is 0 Å². The monoisotopic (exact) mass is 244 g/mol. The zero-order valence-electron chi connectivity index (χ0n) is 8.95. The van der Waals surface area contributed by atoms with Gasteiger partial charge in [-0.1, -0.05) is 0 Å². The Hall–Kier alpha value is 0.460. The number of aliphatic hydroxyl groups is 1. The van der Waals surface area contributed by atoms with Crippen molar-refractivity contribution in [2.75, 3.05) is 32.7 Å². The second-order valence-electron chi connectivity index (χ2n) is 4.15. The summed E-state index contributed by atoms with van der Waals surface area (Å²) in [5.74, 6) is 0. The summed E-state index contributed by atoms with van der Waals surface area (Å²) in [6.45, 7) is 9.18. The zero-order valence-corrected chi connectivity index (χ0v) is 10.6. The summed E-state index contributed by atoms with van der Waals surface area (Å²) < 4.78 is 0. The Kier molecular flexibility index (Phi) is 9.30. The third-order valence-corrected chi connectivity index (χ3v) is 2.25. The van der Waals surface area contributed by atoms with Crippen LogP contribution >= 0.6 is 24.8 Å².